The molecule has 6 aromatic rings. The first-order valence-corrected chi connectivity index (χ1v) is 18.8. The van der Waals surface area contributed by atoms with Crippen LogP contribution in [0.1, 0.15) is 20.7 Å². The quantitative estimate of drug-likeness (QED) is 0.0882. The maximum absolute atomic E-state index is 12.5. The summed E-state index contributed by atoms with van der Waals surface area (Å²) in [7, 11) is 0. The van der Waals surface area contributed by atoms with E-state index in [1.54, 1.807) is 0 Å². The number of aliphatic hydroxyl groups is 8. The van der Waals surface area contributed by atoms with E-state index in [0.29, 0.717) is 0 Å². The third-order valence-electron chi connectivity index (χ3n) is 11.2. The fourth-order valence-corrected chi connectivity index (χ4v) is 8.22. The van der Waals surface area contributed by atoms with Crippen LogP contribution >= 0.6 is 0 Å². The minimum Gasteiger partial charge on any atom is -0.507 e. The van der Waals surface area contributed by atoms with Gasteiger partial charge in [0.2, 0.25) is 12.6 Å². The van der Waals surface area contributed by atoms with Crippen molar-refractivity contribution in [2.45, 2.75) is 61.4 Å². The predicted molar refractivity (Wildman–Crippen MR) is 211 cm³/mol. The van der Waals surface area contributed by atoms with Crippen LogP contribution < -0.4 is 9.47 Å². The Bertz CT molecular complexity index is 2600. The number of carbonyl (C=O) groups is 2. The summed E-state index contributed by atoms with van der Waals surface area (Å²) in [6.45, 7) is -1.62. The van der Waals surface area contributed by atoms with Crippen LogP contribution in [0.25, 0.3) is 54.2 Å². The molecular weight excluding hydrogens is 824 g/mol. The summed E-state index contributed by atoms with van der Waals surface area (Å²) in [5.41, 5.74) is -1.16. The van der Waals surface area contributed by atoms with Crippen LogP contribution in [0.2, 0.25) is 0 Å². The monoisotopic (exact) mass is 862 g/mol. The van der Waals surface area contributed by atoms with Gasteiger partial charge in [-0.1, -0.05) is 24.3 Å². The number of carboxylic acids is 2. The van der Waals surface area contributed by atoms with Gasteiger partial charge in [0.25, 0.3) is 0 Å². The molecule has 8 rings (SSSR count). The number of hydrogen-bond acceptors (Lipinski definition) is 18. The van der Waals surface area contributed by atoms with E-state index in [2.05, 4.69) is 0 Å². The van der Waals surface area contributed by atoms with Crippen LogP contribution in [0.4, 0.5) is 0 Å². The van der Waals surface area contributed by atoms with E-state index in [1.165, 1.54) is 36.4 Å². The fraction of sp³-hybridized carbons (Fsp3) is 0.286. The maximum Gasteiger partial charge on any atom is 0.335 e. The third-order valence-corrected chi connectivity index (χ3v) is 11.2. The van der Waals surface area contributed by atoms with Crippen molar-refractivity contribution in [2.75, 3.05) is 13.2 Å². The van der Waals surface area contributed by atoms with Gasteiger partial charge in [-0.25, -0.2) is 9.59 Å². The Morgan fingerprint density at radius 3 is 1.21 bits per heavy atom. The zero-order valence-corrected chi connectivity index (χ0v) is 31.7. The highest BCUT2D eigenvalue weighted by molar-refractivity contribution is 6.29. The Morgan fingerprint density at radius 2 is 0.871 bits per heavy atom. The van der Waals surface area contributed by atoms with E-state index in [9.17, 15) is 81.1 Å². The number of aliphatic hydroxyl groups excluding tert-OH is 8. The van der Waals surface area contributed by atoms with E-state index in [1.807, 2.05) is 0 Å². The van der Waals surface area contributed by atoms with Crippen molar-refractivity contribution in [2.24, 2.45) is 0 Å². The lowest BCUT2D eigenvalue weighted by Crippen LogP contribution is -2.60. The van der Waals surface area contributed by atoms with Crippen molar-refractivity contribution in [1.82, 2.24) is 0 Å². The fourth-order valence-electron chi connectivity index (χ4n) is 8.22. The highest BCUT2D eigenvalue weighted by atomic mass is 16.7. The van der Waals surface area contributed by atoms with Crippen molar-refractivity contribution in [1.29, 1.82) is 0 Å². The van der Waals surface area contributed by atoms with Gasteiger partial charge >= 0.3 is 11.9 Å². The van der Waals surface area contributed by atoms with Gasteiger partial charge in [-0.15, -0.1) is 0 Å². The highest BCUT2D eigenvalue weighted by Crippen LogP contribution is 2.55. The molecule has 0 aromatic heterocycles. The lowest BCUT2D eigenvalue weighted by molar-refractivity contribution is -0.277. The molecule has 2 fully saturated rings. The molecule has 0 unspecified atom stereocenters. The van der Waals surface area contributed by atoms with Gasteiger partial charge in [0, 0.05) is 0 Å². The van der Waals surface area contributed by atoms with Gasteiger partial charge < -0.3 is 90.4 Å². The zero-order chi connectivity index (χ0) is 44.6. The van der Waals surface area contributed by atoms with Crippen LogP contribution in [0.5, 0.6) is 34.5 Å². The van der Waals surface area contributed by atoms with Gasteiger partial charge in [0.1, 0.15) is 83.3 Å². The van der Waals surface area contributed by atoms with Crippen LogP contribution in [0.3, 0.4) is 0 Å². The second-order valence-electron chi connectivity index (χ2n) is 14.9. The minimum atomic E-state index is -1.93. The number of fused-ring (bicyclic) bond motifs is 4. The van der Waals surface area contributed by atoms with Crippen LogP contribution in [0.15, 0.2) is 60.7 Å². The molecule has 2 saturated heterocycles. The van der Waals surface area contributed by atoms with Gasteiger partial charge in [0.15, 0.2) is 0 Å². The molecule has 0 radical (unpaired) electrons. The molecular formula is C42H38O20. The number of benzene rings is 6. The van der Waals surface area contributed by atoms with Crippen molar-refractivity contribution < 1.29 is 100 Å². The number of hydrogen-bond donors (Lipinski definition) is 14. The smallest absolute Gasteiger partial charge is 0.335 e. The molecule has 10 atom stereocenters. The topological polar surface area (TPSA) is 354 Å². The van der Waals surface area contributed by atoms with Gasteiger partial charge in [-0.3, -0.25) is 0 Å². The van der Waals surface area contributed by atoms with Crippen molar-refractivity contribution in [3.63, 3.8) is 0 Å². The Labute approximate surface area is 346 Å². The standard InChI is InChI=1S/C42H38O20/c43-11-23-31(47)35(51)37(53)41(61-23)59-21-5-1-3-15-25(17-7-13(39(55)56)9-19(45)27(17)33(49)29(15)21)26-16-4-2-6-22(60-42-38(54)36(52)32(48)24(12-44)62-42)30(16)34(50)28-18(26)8-14(40(57)58)10-20(28)46/h1-10,23-24,31-32,35-38,41-54H,11-12H2,(H,55,56)(H,57,58)/t23-,24-,31-,32-,35+,36+,37-,38-,41-,42-/m1/s1. The number of phenols is 4. The second-order valence-corrected chi connectivity index (χ2v) is 14.9. The first kappa shape index (κ1) is 42.4. The number of ether oxygens (including phenoxy) is 4. The molecule has 6 aromatic carbocycles. The summed E-state index contributed by atoms with van der Waals surface area (Å²) in [6, 6.07) is 12.0. The van der Waals surface area contributed by atoms with Gasteiger partial charge in [-0.2, -0.15) is 0 Å². The van der Waals surface area contributed by atoms with Crippen molar-refractivity contribution >= 4 is 55.0 Å². The minimum absolute atomic E-state index is 0.0345. The van der Waals surface area contributed by atoms with E-state index in [-0.39, 0.29) is 54.9 Å². The number of carboxylic acid groups (broad SMARTS) is 2. The van der Waals surface area contributed by atoms with E-state index in [0.717, 1.165) is 24.3 Å². The Balaban J connectivity index is 1.50. The molecule has 2 heterocycles. The third kappa shape index (κ3) is 6.66. The molecule has 2 aliphatic rings. The highest BCUT2D eigenvalue weighted by Gasteiger charge is 2.46. The van der Waals surface area contributed by atoms with Gasteiger partial charge in [0.05, 0.1) is 45.9 Å². The molecule has 0 bridgehead atoms. The molecule has 20 heteroatoms. The summed E-state index contributed by atoms with van der Waals surface area (Å²) < 4.78 is 23.1. The SMILES string of the molecule is O=C(O)c1cc(O)c2c(O)c3c(O[C@@H]4O[C@H](CO)[C@@H](O)[C@H](O)[C@H]4O)cccc3c(-c3c4cc(C(=O)O)cc(O)c4c(O)c4c(O[C@@H]5O[C@H](CO)[C@@H](O)[C@H](O)[C@H]5O)cccc34)c2c1. The summed E-state index contributed by atoms with van der Waals surface area (Å²) in [6.07, 6.45) is -17.6. The number of aromatic carboxylic acids is 2. The van der Waals surface area contributed by atoms with Gasteiger partial charge in [-0.05, 0) is 69.1 Å². The lowest BCUT2D eigenvalue weighted by atomic mass is 9.84. The zero-order valence-electron chi connectivity index (χ0n) is 31.7. The normalized spacial score (nSPS) is 26.6. The largest absolute Gasteiger partial charge is 0.507 e. The van der Waals surface area contributed by atoms with E-state index < -0.39 is 131 Å². The summed E-state index contributed by atoms with van der Waals surface area (Å²) in [4.78, 5) is 24.9. The molecule has 20 nitrogen and oxygen atoms in total. The van der Waals surface area contributed by atoms with E-state index >= 15 is 0 Å². The molecule has 0 saturated carbocycles. The maximum atomic E-state index is 12.5. The van der Waals surface area contributed by atoms with E-state index in [4.69, 9.17) is 18.9 Å². The first-order valence-electron chi connectivity index (χ1n) is 18.8. The summed E-state index contributed by atoms with van der Waals surface area (Å²) in [5, 5.41) is 149. The Morgan fingerprint density at radius 1 is 0.500 bits per heavy atom. The Kier molecular flexibility index (Phi) is 10.9. The summed E-state index contributed by atoms with van der Waals surface area (Å²) >= 11 is 0. The molecule has 62 heavy (non-hydrogen) atoms. The molecule has 0 aliphatic carbocycles. The molecule has 0 amide bonds. The van der Waals surface area contributed by atoms with Crippen molar-refractivity contribution in [3.05, 3.63) is 71.8 Å². The lowest BCUT2D eigenvalue weighted by Gasteiger charge is -2.39. The molecule has 0 spiro atoms. The molecule has 14 N–H and O–H groups in total. The number of aromatic hydroxyl groups is 4. The summed E-state index contributed by atoms with van der Waals surface area (Å²) in [5.74, 6) is -6.65. The van der Waals surface area contributed by atoms with Crippen LogP contribution in [-0.4, -0.2) is 158 Å². The van der Waals surface area contributed by atoms with Crippen LogP contribution in [-0.2, 0) is 9.47 Å². The number of rotatable bonds is 9. The number of phenolic OH excluding ortho intramolecular Hbond substituents is 4. The van der Waals surface area contributed by atoms with Crippen LogP contribution in [0, 0.1) is 0 Å². The molecule has 2 aliphatic heterocycles. The first-order chi connectivity index (χ1) is 29.5. The second kappa shape index (κ2) is 15.9. The average Bonchev–Trinajstić information content (AvgIpc) is 3.24. The predicted octanol–water partition coefficient (Wildman–Crippen LogP) is 0.543. The average molecular weight is 863 g/mol. The Hall–Kier alpha value is -6.30. The van der Waals surface area contributed by atoms with Crippen molar-refractivity contribution in [3.8, 4) is 45.6 Å². The molecule has 326 valence electrons.